The van der Waals surface area contributed by atoms with Gasteiger partial charge in [0.2, 0.25) is 0 Å². The van der Waals surface area contributed by atoms with E-state index in [1.807, 2.05) is 0 Å². The van der Waals surface area contributed by atoms with Crippen LogP contribution in [0.4, 0.5) is 0 Å². The average Bonchev–Trinajstić information content (AvgIpc) is 3.56. The molecule has 2 aromatic heterocycles. The minimum atomic E-state index is -0.0559. The van der Waals surface area contributed by atoms with Crippen molar-refractivity contribution in [2.75, 3.05) is 0 Å². The molecule has 1 heteroatoms. The fraction of sp³-hybridized carbons (Fsp3) is 0.167. The van der Waals surface area contributed by atoms with E-state index in [9.17, 15) is 0 Å². The molecule has 0 radical (unpaired) electrons. The van der Waals surface area contributed by atoms with Crippen LogP contribution in [-0.4, -0.2) is 4.40 Å². The fourth-order valence-corrected chi connectivity index (χ4v) is 8.19. The third-order valence-corrected chi connectivity index (χ3v) is 9.66. The van der Waals surface area contributed by atoms with E-state index in [0.717, 1.165) is 0 Å². The van der Waals surface area contributed by atoms with Crippen molar-refractivity contribution in [2.24, 2.45) is 0 Å². The summed E-state index contributed by atoms with van der Waals surface area (Å²) in [7, 11) is 0. The molecule has 0 N–H and O–H groups in total. The van der Waals surface area contributed by atoms with Crippen LogP contribution in [0.15, 0.2) is 91.0 Å². The Labute approximate surface area is 216 Å². The molecule has 9 rings (SSSR count). The van der Waals surface area contributed by atoms with Crippen LogP contribution in [0, 0.1) is 0 Å². The third kappa shape index (κ3) is 2.05. The molecule has 0 aliphatic heterocycles. The highest BCUT2D eigenvalue weighted by atomic mass is 14.9. The Morgan fingerprint density at radius 2 is 1.08 bits per heavy atom. The molecule has 1 nitrogen and oxygen atoms in total. The molecule has 2 aliphatic rings. The van der Waals surface area contributed by atoms with Gasteiger partial charge in [0.1, 0.15) is 0 Å². The van der Waals surface area contributed by atoms with Gasteiger partial charge in [-0.25, -0.2) is 0 Å². The summed E-state index contributed by atoms with van der Waals surface area (Å²) < 4.78 is 2.56. The Morgan fingerprint density at radius 3 is 1.81 bits per heavy atom. The predicted molar refractivity (Wildman–Crippen MR) is 156 cm³/mol. The van der Waals surface area contributed by atoms with Gasteiger partial charge in [0.05, 0.1) is 16.6 Å². The van der Waals surface area contributed by atoms with E-state index in [4.69, 9.17) is 0 Å². The first-order valence-electron chi connectivity index (χ1n) is 13.4. The number of para-hydroxylation sites is 1. The average molecular weight is 474 g/mol. The SMILES string of the molecule is CC1(C)c2ccccc2-c2ccc3c(c21)c1cc2c(c4c5ccccc5n3c14)C(C)(C)c1ccccc1-2. The monoisotopic (exact) mass is 473 g/mol. The first-order valence-corrected chi connectivity index (χ1v) is 13.4. The normalized spacial score (nSPS) is 16.5. The number of benzene rings is 5. The zero-order valence-corrected chi connectivity index (χ0v) is 21.6. The van der Waals surface area contributed by atoms with E-state index in [0.29, 0.717) is 0 Å². The number of aromatic nitrogens is 1. The molecule has 0 saturated carbocycles. The smallest absolute Gasteiger partial charge is 0.0624 e. The Morgan fingerprint density at radius 1 is 0.486 bits per heavy atom. The van der Waals surface area contributed by atoms with Crippen molar-refractivity contribution in [1.29, 1.82) is 0 Å². The standard InChI is InChI=1S/C36H27N/c1-35(2)26-14-8-5-11-20(26)22-17-18-29-30(32(22)35)25-19-24-21-12-6-9-15-27(21)36(3,4)33(24)31-23-13-7-10-16-28(23)37(29)34(25)31/h5-19H,1-4H3. The van der Waals surface area contributed by atoms with Crippen molar-refractivity contribution in [1.82, 2.24) is 4.40 Å². The Balaban J connectivity index is 1.58. The van der Waals surface area contributed by atoms with Crippen molar-refractivity contribution in [3.63, 3.8) is 0 Å². The second kappa shape index (κ2) is 6.06. The molecule has 0 spiro atoms. The summed E-state index contributed by atoms with van der Waals surface area (Å²) in [5.74, 6) is 0. The van der Waals surface area contributed by atoms with E-state index in [2.05, 4.69) is 123 Å². The van der Waals surface area contributed by atoms with Crippen LogP contribution in [0.25, 0.3) is 60.3 Å². The molecule has 0 bridgehead atoms. The van der Waals surface area contributed by atoms with E-state index < -0.39 is 0 Å². The maximum atomic E-state index is 2.56. The Bertz CT molecular complexity index is 2130. The van der Waals surface area contributed by atoms with Crippen LogP contribution in [0.3, 0.4) is 0 Å². The summed E-state index contributed by atoms with van der Waals surface area (Å²) in [6.07, 6.45) is 0. The lowest BCUT2D eigenvalue weighted by Gasteiger charge is -2.23. The lowest BCUT2D eigenvalue weighted by atomic mass is 9.79. The van der Waals surface area contributed by atoms with Gasteiger partial charge in [0, 0.05) is 32.4 Å². The van der Waals surface area contributed by atoms with Crippen molar-refractivity contribution >= 4 is 38.1 Å². The summed E-state index contributed by atoms with van der Waals surface area (Å²) in [6, 6.07) is 34.4. The first kappa shape index (κ1) is 20.0. The molecule has 176 valence electrons. The fourth-order valence-electron chi connectivity index (χ4n) is 8.19. The van der Waals surface area contributed by atoms with E-state index in [-0.39, 0.29) is 10.8 Å². The highest BCUT2D eigenvalue weighted by molar-refractivity contribution is 6.28. The van der Waals surface area contributed by atoms with Gasteiger partial charge in [-0.2, -0.15) is 0 Å². The maximum absolute atomic E-state index is 2.56. The van der Waals surface area contributed by atoms with E-state index >= 15 is 0 Å². The lowest BCUT2D eigenvalue weighted by molar-refractivity contribution is 0.666. The Hall–Kier alpha value is -4.10. The van der Waals surface area contributed by atoms with Crippen LogP contribution in [-0.2, 0) is 10.8 Å². The molecule has 0 unspecified atom stereocenters. The van der Waals surface area contributed by atoms with Crippen LogP contribution in [0.1, 0.15) is 49.9 Å². The third-order valence-electron chi connectivity index (χ3n) is 9.66. The van der Waals surface area contributed by atoms with Gasteiger partial charge in [0.25, 0.3) is 0 Å². The molecule has 2 aliphatic carbocycles. The quantitative estimate of drug-likeness (QED) is 0.207. The summed E-state index contributed by atoms with van der Waals surface area (Å²) in [5, 5.41) is 5.62. The lowest BCUT2D eigenvalue weighted by Crippen LogP contribution is -2.15. The molecule has 2 heterocycles. The number of rotatable bonds is 0. The summed E-state index contributed by atoms with van der Waals surface area (Å²) >= 11 is 0. The van der Waals surface area contributed by atoms with Gasteiger partial charge in [0.15, 0.2) is 0 Å². The minimum absolute atomic E-state index is 0.0500. The largest absolute Gasteiger partial charge is 0.308 e. The molecule has 0 saturated heterocycles. The summed E-state index contributed by atoms with van der Waals surface area (Å²) in [4.78, 5) is 0. The molecule has 0 atom stereocenters. The van der Waals surface area contributed by atoms with Crippen molar-refractivity contribution in [3.05, 3.63) is 113 Å². The first-order chi connectivity index (χ1) is 17.9. The van der Waals surface area contributed by atoms with Gasteiger partial charge >= 0.3 is 0 Å². The number of fused-ring (bicyclic) bond motifs is 14. The zero-order valence-electron chi connectivity index (χ0n) is 21.6. The second-order valence-electron chi connectivity index (χ2n) is 12.1. The van der Waals surface area contributed by atoms with Crippen LogP contribution in [0.5, 0.6) is 0 Å². The minimum Gasteiger partial charge on any atom is -0.308 e. The highest BCUT2D eigenvalue weighted by Gasteiger charge is 2.41. The molecule has 0 amide bonds. The van der Waals surface area contributed by atoms with Crippen molar-refractivity contribution in [3.8, 4) is 22.3 Å². The Kier molecular flexibility index (Phi) is 3.28. The molecular formula is C36H27N. The van der Waals surface area contributed by atoms with Crippen LogP contribution >= 0.6 is 0 Å². The highest BCUT2D eigenvalue weighted by Crippen LogP contribution is 2.58. The number of hydrogen-bond acceptors (Lipinski definition) is 0. The van der Waals surface area contributed by atoms with Gasteiger partial charge < -0.3 is 4.40 Å². The molecule has 7 aromatic rings. The second-order valence-corrected chi connectivity index (χ2v) is 12.1. The van der Waals surface area contributed by atoms with Crippen LogP contribution in [0.2, 0.25) is 0 Å². The number of hydrogen-bond donors (Lipinski definition) is 0. The van der Waals surface area contributed by atoms with Crippen molar-refractivity contribution < 1.29 is 0 Å². The summed E-state index contributed by atoms with van der Waals surface area (Å²) in [5.41, 5.74) is 15.3. The zero-order chi connectivity index (χ0) is 24.8. The molecule has 0 fully saturated rings. The molecular weight excluding hydrogens is 446 g/mol. The van der Waals surface area contributed by atoms with Crippen LogP contribution < -0.4 is 0 Å². The molecule has 5 aromatic carbocycles. The van der Waals surface area contributed by atoms with Gasteiger partial charge in [-0.05, 0) is 62.7 Å². The van der Waals surface area contributed by atoms with Gasteiger partial charge in [-0.15, -0.1) is 0 Å². The topological polar surface area (TPSA) is 4.41 Å². The molecule has 37 heavy (non-hydrogen) atoms. The van der Waals surface area contributed by atoms with Crippen molar-refractivity contribution in [2.45, 2.75) is 38.5 Å². The van der Waals surface area contributed by atoms with Gasteiger partial charge in [-0.1, -0.05) is 100 Å². The summed E-state index contributed by atoms with van der Waals surface area (Å²) in [6.45, 7) is 9.64. The van der Waals surface area contributed by atoms with E-state index in [1.165, 1.54) is 82.6 Å². The van der Waals surface area contributed by atoms with Gasteiger partial charge in [-0.3, -0.25) is 0 Å². The number of nitrogens with zero attached hydrogens (tertiary/aromatic N) is 1. The van der Waals surface area contributed by atoms with E-state index in [1.54, 1.807) is 0 Å². The maximum Gasteiger partial charge on any atom is 0.0624 e. The predicted octanol–water partition coefficient (Wildman–Crippen LogP) is 9.45.